The molecule has 0 fully saturated rings. The van der Waals surface area contributed by atoms with E-state index in [0.717, 1.165) is 11.4 Å². The number of hydrogen-bond donors (Lipinski definition) is 2. The van der Waals surface area contributed by atoms with Gasteiger partial charge in [-0.05, 0) is 36.4 Å². The van der Waals surface area contributed by atoms with E-state index in [1.165, 1.54) is 7.11 Å². The summed E-state index contributed by atoms with van der Waals surface area (Å²) in [5, 5.41) is 3.15. The van der Waals surface area contributed by atoms with Gasteiger partial charge in [-0.3, -0.25) is 0 Å². The number of carbonyl (C=O) groups is 1. The van der Waals surface area contributed by atoms with Crippen LogP contribution in [0, 0.1) is 0 Å². The van der Waals surface area contributed by atoms with Gasteiger partial charge in [-0.1, -0.05) is 0 Å². The molecule has 1 aromatic heterocycles. The van der Waals surface area contributed by atoms with Gasteiger partial charge in [0.15, 0.2) is 0 Å². The van der Waals surface area contributed by atoms with Gasteiger partial charge in [-0.2, -0.15) is 0 Å². The molecule has 0 saturated heterocycles. The van der Waals surface area contributed by atoms with Gasteiger partial charge in [0.25, 0.3) is 0 Å². The lowest BCUT2D eigenvalue weighted by molar-refractivity contribution is 0.0594. The second-order valence-corrected chi connectivity index (χ2v) is 4.27. The molecule has 0 atom stereocenters. The molecule has 0 radical (unpaired) electrons. The second-order valence-electron chi connectivity index (χ2n) is 4.27. The van der Waals surface area contributed by atoms with Crippen molar-refractivity contribution in [2.75, 3.05) is 31.3 Å². The Labute approximate surface area is 122 Å². The second kappa shape index (κ2) is 7.14. The molecule has 0 bridgehead atoms. The fourth-order valence-corrected chi connectivity index (χ4v) is 1.69. The molecule has 0 spiro atoms. The number of nitrogens with two attached hydrogens (primary N) is 1. The van der Waals surface area contributed by atoms with Crippen LogP contribution in [0.1, 0.15) is 10.5 Å². The summed E-state index contributed by atoms with van der Waals surface area (Å²) in [6, 6.07) is 10.6. The van der Waals surface area contributed by atoms with Crippen molar-refractivity contribution >= 4 is 17.3 Å². The predicted molar refractivity (Wildman–Crippen MR) is 80.4 cm³/mol. The minimum Gasteiger partial charge on any atom is -0.492 e. The monoisotopic (exact) mass is 287 g/mol. The molecular formula is C15H17N3O3. The van der Waals surface area contributed by atoms with Gasteiger partial charge in [0.1, 0.15) is 18.1 Å². The summed E-state index contributed by atoms with van der Waals surface area (Å²) in [6.07, 6.45) is 1.55. The summed E-state index contributed by atoms with van der Waals surface area (Å²) in [5.74, 6) is 0.299. The van der Waals surface area contributed by atoms with Crippen LogP contribution in [0.5, 0.6) is 5.75 Å². The SMILES string of the molecule is COC(=O)c1cc(NCCOc2ccc(N)cc2)ccn1. The van der Waals surface area contributed by atoms with Crippen LogP contribution >= 0.6 is 0 Å². The molecule has 3 N–H and O–H groups in total. The van der Waals surface area contributed by atoms with Crippen LogP contribution < -0.4 is 15.8 Å². The first-order chi connectivity index (χ1) is 10.2. The average Bonchev–Trinajstić information content (AvgIpc) is 2.53. The number of pyridine rings is 1. The van der Waals surface area contributed by atoms with Crippen LogP contribution in [-0.2, 0) is 4.74 Å². The molecule has 0 aliphatic rings. The average molecular weight is 287 g/mol. The predicted octanol–water partition coefficient (Wildman–Crippen LogP) is 1.94. The van der Waals surface area contributed by atoms with Crippen LogP contribution in [-0.4, -0.2) is 31.2 Å². The molecule has 2 rings (SSSR count). The van der Waals surface area contributed by atoms with Crippen LogP contribution in [0.2, 0.25) is 0 Å². The Kier molecular flexibility index (Phi) is 4.98. The summed E-state index contributed by atoms with van der Waals surface area (Å²) in [6.45, 7) is 1.08. The largest absolute Gasteiger partial charge is 0.492 e. The van der Waals surface area contributed by atoms with Crippen molar-refractivity contribution in [3.63, 3.8) is 0 Å². The summed E-state index contributed by atoms with van der Waals surface area (Å²) in [4.78, 5) is 15.3. The molecule has 0 unspecified atom stereocenters. The number of nitrogen functional groups attached to an aromatic ring is 1. The van der Waals surface area contributed by atoms with E-state index in [9.17, 15) is 4.79 Å². The van der Waals surface area contributed by atoms with Gasteiger partial charge in [0, 0.05) is 24.1 Å². The van der Waals surface area contributed by atoms with Gasteiger partial charge in [0.05, 0.1) is 7.11 Å². The minimum atomic E-state index is -0.461. The highest BCUT2D eigenvalue weighted by atomic mass is 16.5. The van der Waals surface area contributed by atoms with Crippen LogP contribution in [0.4, 0.5) is 11.4 Å². The van der Waals surface area contributed by atoms with Gasteiger partial charge in [-0.15, -0.1) is 0 Å². The lowest BCUT2D eigenvalue weighted by Gasteiger charge is -2.09. The molecule has 0 amide bonds. The zero-order valence-electron chi connectivity index (χ0n) is 11.7. The zero-order valence-corrected chi connectivity index (χ0v) is 11.7. The Morgan fingerprint density at radius 1 is 1.29 bits per heavy atom. The molecule has 0 saturated carbocycles. The smallest absolute Gasteiger partial charge is 0.356 e. The van der Waals surface area contributed by atoms with Gasteiger partial charge in [0.2, 0.25) is 0 Å². The highest BCUT2D eigenvalue weighted by Gasteiger charge is 2.06. The summed E-state index contributed by atoms with van der Waals surface area (Å²) in [5.41, 5.74) is 7.35. The van der Waals surface area contributed by atoms with Crippen LogP contribution in [0.3, 0.4) is 0 Å². The van der Waals surface area contributed by atoms with Crippen molar-refractivity contribution in [3.05, 3.63) is 48.3 Å². The number of nitrogens with zero attached hydrogens (tertiary/aromatic N) is 1. The normalized spacial score (nSPS) is 9.95. The maximum Gasteiger partial charge on any atom is 0.356 e. The fraction of sp³-hybridized carbons (Fsp3) is 0.200. The van der Waals surface area contributed by atoms with E-state index in [1.807, 2.05) is 12.1 Å². The van der Waals surface area contributed by atoms with E-state index >= 15 is 0 Å². The number of esters is 1. The van der Waals surface area contributed by atoms with Crippen molar-refractivity contribution in [2.45, 2.75) is 0 Å². The fourth-order valence-electron chi connectivity index (χ4n) is 1.69. The van der Waals surface area contributed by atoms with Crippen molar-refractivity contribution in [2.24, 2.45) is 0 Å². The molecule has 0 aliphatic heterocycles. The summed E-state index contributed by atoms with van der Waals surface area (Å²) < 4.78 is 10.2. The number of aromatic nitrogens is 1. The number of hydrogen-bond acceptors (Lipinski definition) is 6. The number of nitrogens with one attached hydrogen (secondary N) is 1. The van der Waals surface area contributed by atoms with Crippen molar-refractivity contribution in [1.29, 1.82) is 0 Å². The first kappa shape index (κ1) is 14.6. The van der Waals surface area contributed by atoms with Gasteiger partial charge in [-0.25, -0.2) is 9.78 Å². The lowest BCUT2D eigenvalue weighted by Crippen LogP contribution is -2.12. The Morgan fingerprint density at radius 3 is 2.76 bits per heavy atom. The molecule has 6 heteroatoms. The maximum absolute atomic E-state index is 11.4. The quantitative estimate of drug-likeness (QED) is 0.480. The third-order valence-electron chi connectivity index (χ3n) is 2.73. The number of ether oxygens (including phenoxy) is 2. The number of methoxy groups -OCH3 is 1. The number of rotatable bonds is 6. The van der Waals surface area contributed by atoms with E-state index in [1.54, 1.807) is 30.5 Å². The standard InChI is InChI=1S/C15H17N3O3/c1-20-15(19)14-10-12(6-7-18-14)17-8-9-21-13-4-2-11(16)3-5-13/h2-7,10H,8-9,16H2,1H3,(H,17,18). The molecule has 110 valence electrons. The third-order valence-corrected chi connectivity index (χ3v) is 2.73. The molecule has 6 nitrogen and oxygen atoms in total. The third kappa shape index (κ3) is 4.38. The number of carbonyl (C=O) groups excluding carboxylic acids is 1. The lowest BCUT2D eigenvalue weighted by atomic mass is 10.3. The Morgan fingerprint density at radius 2 is 2.05 bits per heavy atom. The minimum absolute atomic E-state index is 0.266. The molecule has 1 heterocycles. The number of benzene rings is 1. The summed E-state index contributed by atoms with van der Waals surface area (Å²) >= 11 is 0. The first-order valence-electron chi connectivity index (χ1n) is 6.45. The summed E-state index contributed by atoms with van der Waals surface area (Å²) in [7, 11) is 1.32. The highest BCUT2D eigenvalue weighted by Crippen LogP contribution is 2.13. The Bertz CT molecular complexity index is 599. The molecule has 21 heavy (non-hydrogen) atoms. The van der Waals surface area contributed by atoms with Gasteiger partial charge >= 0.3 is 5.97 Å². The van der Waals surface area contributed by atoms with E-state index in [2.05, 4.69) is 15.0 Å². The van der Waals surface area contributed by atoms with Crippen LogP contribution in [0.25, 0.3) is 0 Å². The van der Waals surface area contributed by atoms with Crippen LogP contribution in [0.15, 0.2) is 42.6 Å². The topological polar surface area (TPSA) is 86.5 Å². The van der Waals surface area contributed by atoms with Crippen molar-refractivity contribution < 1.29 is 14.3 Å². The molecule has 2 aromatic rings. The molecule has 0 aliphatic carbocycles. The van der Waals surface area contributed by atoms with E-state index < -0.39 is 5.97 Å². The molecule has 1 aromatic carbocycles. The Balaban J connectivity index is 1.80. The van der Waals surface area contributed by atoms with E-state index in [-0.39, 0.29) is 5.69 Å². The zero-order chi connectivity index (χ0) is 15.1. The maximum atomic E-state index is 11.4. The van der Waals surface area contributed by atoms with Crippen molar-refractivity contribution in [1.82, 2.24) is 4.98 Å². The van der Waals surface area contributed by atoms with Crippen molar-refractivity contribution in [3.8, 4) is 5.75 Å². The number of anilines is 2. The highest BCUT2D eigenvalue weighted by molar-refractivity contribution is 5.88. The van der Waals surface area contributed by atoms with E-state index in [0.29, 0.717) is 18.8 Å². The van der Waals surface area contributed by atoms with E-state index in [4.69, 9.17) is 10.5 Å². The van der Waals surface area contributed by atoms with Gasteiger partial charge < -0.3 is 20.5 Å². The molecular weight excluding hydrogens is 270 g/mol. The Hall–Kier alpha value is -2.76. The first-order valence-corrected chi connectivity index (χ1v) is 6.45.